The Kier molecular flexibility index (Phi) is 7.43. The number of nitrogens with one attached hydrogen (secondary N) is 2. The zero-order valence-corrected chi connectivity index (χ0v) is 20.5. The van der Waals surface area contributed by atoms with Gasteiger partial charge in [0.25, 0.3) is 0 Å². The fourth-order valence-electron chi connectivity index (χ4n) is 5.66. The highest BCUT2D eigenvalue weighted by atomic mass is 16.5. The number of aliphatic carboxylic acids is 1. The minimum atomic E-state index is -0.813. The minimum Gasteiger partial charge on any atom is -0.481 e. The molecule has 2 aliphatic carbocycles. The predicted octanol–water partition coefficient (Wildman–Crippen LogP) is 4.56. The quantitative estimate of drug-likeness (QED) is 0.516. The summed E-state index contributed by atoms with van der Waals surface area (Å²) in [5.41, 5.74) is 4.62. The van der Waals surface area contributed by atoms with Crippen molar-refractivity contribution in [2.24, 2.45) is 17.8 Å². The maximum Gasteiger partial charge on any atom is 0.407 e. The van der Waals surface area contributed by atoms with Crippen LogP contribution >= 0.6 is 0 Å². The third kappa shape index (κ3) is 5.34. The molecule has 4 atom stereocenters. The van der Waals surface area contributed by atoms with E-state index in [1.54, 1.807) is 6.92 Å². The number of amides is 2. The van der Waals surface area contributed by atoms with E-state index < -0.39 is 29.9 Å². The Bertz CT molecular complexity index is 1050. The first kappa shape index (κ1) is 24.8. The van der Waals surface area contributed by atoms with E-state index in [9.17, 15) is 19.5 Å². The van der Waals surface area contributed by atoms with Gasteiger partial charge >= 0.3 is 12.1 Å². The molecule has 0 aromatic heterocycles. The zero-order valence-electron chi connectivity index (χ0n) is 20.5. The molecule has 2 amide bonds. The van der Waals surface area contributed by atoms with Crippen LogP contribution < -0.4 is 10.6 Å². The highest BCUT2D eigenvalue weighted by Gasteiger charge is 2.35. The molecule has 0 radical (unpaired) electrons. The molecule has 4 rings (SSSR count). The van der Waals surface area contributed by atoms with Crippen LogP contribution in [0.3, 0.4) is 0 Å². The number of carbonyl (C=O) groups excluding carboxylic acids is 2. The highest BCUT2D eigenvalue weighted by molar-refractivity contribution is 5.81. The van der Waals surface area contributed by atoms with Gasteiger partial charge in [0.1, 0.15) is 6.61 Å². The summed E-state index contributed by atoms with van der Waals surface area (Å²) in [5.74, 6) is -1.89. The maximum atomic E-state index is 13.0. The number of carbonyl (C=O) groups is 3. The van der Waals surface area contributed by atoms with Gasteiger partial charge < -0.3 is 20.5 Å². The fraction of sp³-hybridized carbons (Fsp3) is 0.464. The molecule has 0 bridgehead atoms. The van der Waals surface area contributed by atoms with E-state index in [0.717, 1.165) is 11.1 Å². The molecule has 0 spiro atoms. The monoisotopic (exact) mass is 478 g/mol. The SMILES string of the molecule is CC(C)C(C(=O)NC1CCC(C(=O)O)C1)C(C)NC(=O)OCC1c2ccccc2-c2ccccc21. The van der Waals surface area contributed by atoms with Gasteiger partial charge in [-0.25, -0.2) is 4.79 Å². The number of carboxylic acid groups (broad SMARTS) is 1. The summed E-state index contributed by atoms with van der Waals surface area (Å²) in [6.07, 6.45) is 1.12. The molecule has 2 aliphatic rings. The van der Waals surface area contributed by atoms with Crippen LogP contribution in [0.15, 0.2) is 48.5 Å². The third-order valence-corrected chi connectivity index (χ3v) is 7.38. The van der Waals surface area contributed by atoms with E-state index in [0.29, 0.717) is 19.3 Å². The predicted molar refractivity (Wildman–Crippen MR) is 133 cm³/mol. The largest absolute Gasteiger partial charge is 0.481 e. The molecule has 0 saturated heterocycles. The minimum absolute atomic E-state index is 0.0180. The molecule has 4 unspecified atom stereocenters. The van der Waals surface area contributed by atoms with Crippen molar-refractivity contribution in [3.8, 4) is 11.1 Å². The molecule has 1 saturated carbocycles. The second-order valence-electron chi connectivity index (χ2n) is 10.1. The Balaban J connectivity index is 1.35. The molecule has 2 aromatic rings. The first-order valence-corrected chi connectivity index (χ1v) is 12.4. The normalized spacial score (nSPS) is 20.6. The summed E-state index contributed by atoms with van der Waals surface area (Å²) in [7, 11) is 0. The van der Waals surface area contributed by atoms with Gasteiger partial charge in [0.15, 0.2) is 0 Å². The zero-order chi connectivity index (χ0) is 25.1. The van der Waals surface area contributed by atoms with Crippen molar-refractivity contribution in [3.05, 3.63) is 59.7 Å². The summed E-state index contributed by atoms with van der Waals surface area (Å²) in [6.45, 7) is 5.90. The highest BCUT2D eigenvalue weighted by Crippen LogP contribution is 2.44. The standard InChI is InChI=1S/C28H34N2O5/c1-16(2)25(26(31)30-19-13-12-18(14-19)27(32)33)17(3)29-28(34)35-15-24-22-10-6-4-8-20(22)21-9-5-7-11-23(21)24/h4-11,16-19,24-25H,12-15H2,1-3H3,(H,29,34)(H,30,31)(H,32,33). The number of hydrogen-bond acceptors (Lipinski definition) is 4. The molecular formula is C28H34N2O5. The topological polar surface area (TPSA) is 105 Å². The van der Waals surface area contributed by atoms with Gasteiger partial charge in [0.05, 0.1) is 11.8 Å². The Labute approximate surface area is 206 Å². The summed E-state index contributed by atoms with van der Waals surface area (Å²) in [5, 5.41) is 15.1. The molecule has 1 fully saturated rings. The smallest absolute Gasteiger partial charge is 0.407 e. The van der Waals surface area contributed by atoms with Crippen molar-refractivity contribution < 1.29 is 24.2 Å². The maximum absolute atomic E-state index is 13.0. The van der Waals surface area contributed by atoms with E-state index in [1.807, 2.05) is 38.1 Å². The van der Waals surface area contributed by atoms with Gasteiger partial charge in [-0.05, 0) is 54.4 Å². The number of benzene rings is 2. The fourth-order valence-corrected chi connectivity index (χ4v) is 5.66. The first-order valence-electron chi connectivity index (χ1n) is 12.4. The molecule has 0 aliphatic heterocycles. The van der Waals surface area contributed by atoms with E-state index in [4.69, 9.17) is 4.74 Å². The third-order valence-electron chi connectivity index (χ3n) is 7.38. The first-order chi connectivity index (χ1) is 16.8. The van der Waals surface area contributed by atoms with Crippen LogP contribution in [0, 0.1) is 17.8 Å². The number of carboxylic acids is 1. The Morgan fingerprint density at radius 1 is 0.971 bits per heavy atom. The van der Waals surface area contributed by atoms with Crippen LogP contribution in [-0.2, 0) is 14.3 Å². The van der Waals surface area contributed by atoms with E-state index in [2.05, 4.69) is 34.9 Å². The Morgan fingerprint density at radius 2 is 1.57 bits per heavy atom. The second-order valence-corrected chi connectivity index (χ2v) is 10.1. The van der Waals surface area contributed by atoms with Gasteiger partial charge in [-0.1, -0.05) is 62.4 Å². The van der Waals surface area contributed by atoms with Gasteiger partial charge in [-0.15, -0.1) is 0 Å². The van der Waals surface area contributed by atoms with Crippen LogP contribution in [0.4, 0.5) is 4.79 Å². The second kappa shape index (κ2) is 10.5. The van der Waals surface area contributed by atoms with Crippen molar-refractivity contribution in [3.63, 3.8) is 0 Å². The van der Waals surface area contributed by atoms with Gasteiger partial charge in [-0.3, -0.25) is 9.59 Å². The van der Waals surface area contributed by atoms with Gasteiger partial charge in [-0.2, -0.15) is 0 Å². The van der Waals surface area contributed by atoms with Crippen molar-refractivity contribution in [1.82, 2.24) is 10.6 Å². The summed E-state index contributed by atoms with van der Waals surface area (Å²) in [6, 6.07) is 15.7. The number of hydrogen-bond donors (Lipinski definition) is 3. The summed E-state index contributed by atoms with van der Waals surface area (Å²) < 4.78 is 5.65. The molecule has 35 heavy (non-hydrogen) atoms. The molecule has 7 nitrogen and oxygen atoms in total. The molecule has 7 heteroatoms. The van der Waals surface area contributed by atoms with Crippen molar-refractivity contribution in [1.29, 1.82) is 0 Å². The average Bonchev–Trinajstić information content (AvgIpc) is 3.40. The van der Waals surface area contributed by atoms with Crippen molar-refractivity contribution in [2.75, 3.05) is 6.61 Å². The van der Waals surface area contributed by atoms with Crippen LogP contribution in [0.2, 0.25) is 0 Å². The van der Waals surface area contributed by atoms with E-state index in [1.165, 1.54) is 11.1 Å². The molecular weight excluding hydrogens is 444 g/mol. The number of fused-ring (bicyclic) bond motifs is 3. The average molecular weight is 479 g/mol. The number of alkyl carbamates (subject to hydrolysis) is 1. The van der Waals surface area contributed by atoms with E-state index >= 15 is 0 Å². The lowest BCUT2D eigenvalue weighted by Gasteiger charge is -2.28. The Hall–Kier alpha value is -3.35. The van der Waals surface area contributed by atoms with Crippen LogP contribution in [0.1, 0.15) is 57.1 Å². The molecule has 3 N–H and O–H groups in total. The summed E-state index contributed by atoms with van der Waals surface area (Å²) >= 11 is 0. The molecule has 186 valence electrons. The summed E-state index contributed by atoms with van der Waals surface area (Å²) in [4.78, 5) is 37.0. The molecule has 2 aromatic carbocycles. The van der Waals surface area contributed by atoms with Crippen LogP contribution in [0.5, 0.6) is 0 Å². The number of ether oxygens (including phenoxy) is 1. The van der Waals surface area contributed by atoms with Crippen LogP contribution in [-0.4, -0.2) is 41.8 Å². The van der Waals surface area contributed by atoms with Crippen molar-refractivity contribution >= 4 is 18.0 Å². The van der Waals surface area contributed by atoms with Crippen LogP contribution in [0.25, 0.3) is 11.1 Å². The number of rotatable bonds is 8. The van der Waals surface area contributed by atoms with Gasteiger partial charge in [0, 0.05) is 18.0 Å². The van der Waals surface area contributed by atoms with E-state index in [-0.39, 0.29) is 30.4 Å². The Morgan fingerprint density at radius 3 is 2.11 bits per heavy atom. The lowest BCUT2D eigenvalue weighted by molar-refractivity contribution is -0.141. The lowest BCUT2D eigenvalue weighted by Crippen LogP contribution is -2.49. The molecule has 0 heterocycles. The lowest BCUT2D eigenvalue weighted by atomic mass is 9.88. The van der Waals surface area contributed by atoms with Gasteiger partial charge in [0.2, 0.25) is 5.91 Å². The van der Waals surface area contributed by atoms with Crippen molar-refractivity contribution in [2.45, 2.75) is 58.0 Å².